The first-order chi connectivity index (χ1) is 15.8. The summed E-state index contributed by atoms with van der Waals surface area (Å²) in [6.45, 7) is 3.62. The summed E-state index contributed by atoms with van der Waals surface area (Å²) in [4.78, 5) is 30.0. The van der Waals surface area contributed by atoms with Crippen LogP contribution in [0.15, 0.2) is 30.3 Å². The highest BCUT2D eigenvalue weighted by molar-refractivity contribution is 7.88. The number of nitrogens with two attached hydrogens (primary N) is 1. The van der Waals surface area contributed by atoms with Gasteiger partial charge in [0.2, 0.25) is 21.8 Å². The summed E-state index contributed by atoms with van der Waals surface area (Å²) in [5, 5.41) is 3.01. The second-order valence-corrected chi connectivity index (χ2v) is 10.9. The molecule has 2 fully saturated rings. The lowest BCUT2D eigenvalue weighted by Gasteiger charge is -2.31. The zero-order valence-electron chi connectivity index (χ0n) is 19.4. The maximum absolute atomic E-state index is 13.3. The smallest absolute Gasteiger partial charge is 0.242 e. The molecule has 0 unspecified atom stereocenters. The molecular formula is C23H37N5O4S. The van der Waals surface area contributed by atoms with Crippen LogP contribution in [0.5, 0.6) is 0 Å². The van der Waals surface area contributed by atoms with Gasteiger partial charge in [0.1, 0.15) is 12.1 Å². The van der Waals surface area contributed by atoms with Gasteiger partial charge in [0.25, 0.3) is 0 Å². The van der Waals surface area contributed by atoms with Crippen molar-refractivity contribution in [2.24, 2.45) is 11.7 Å². The average molecular weight is 480 g/mol. The fraction of sp³-hybridized carbons (Fsp3) is 0.652. The largest absolute Gasteiger partial charge is 0.354 e. The van der Waals surface area contributed by atoms with Gasteiger partial charge in [-0.25, -0.2) is 13.1 Å². The second kappa shape index (κ2) is 11.9. The molecule has 2 aliphatic heterocycles. The lowest BCUT2D eigenvalue weighted by atomic mass is 9.94. The Morgan fingerprint density at radius 1 is 1.12 bits per heavy atom. The van der Waals surface area contributed by atoms with Crippen molar-refractivity contribution >= 4 is 21.8 Å². The second-order valence-electron chi connectivity index (χ2n) is 9.15. The normalized spacial score (nSPS) is 21.2. The Balaban J connectivity index is 1.57. The lowest BCUT2D eigenvalue weighted by molar-refractivity contribution is -0.139. The third-order valence-corrected chi connectivity index (χ3v) is 7.31. The number of amides is 2. The van der Waals surface area contributed by atoms with Gasteiger partial charge in [0.05, 0.1) is 6.26 Å². The molecular weight excluding hydrogens is 442 g/mol. The molecule has 2 saturated heterocycles. The number of nitrogens with one attached hydrogen (secondary N) is 2. The fourth-order valence-corrected chi connectivity index (χ4v) is 5.47. The summed E-state index contributed by atoms with van der Waals surface area (Å²) >= 11 is 0. The van der Waals surface area contributed by atoms with Gasteiger partial charge < -0.3 is 16.0 Å². The van der Waals surface area contributed by atoms with Gasteiger partial charge in [-0.1, -0.05) is 30.3 Å². The summed E-state index contributed by atoms with van der Waals surface area (Å²) in [6.07, 6.45) is 5.67. The van der Waals surface area contributed by atoms with Crippen molar-refractivity contribution in [3.8, 4) is 0 Å². The summed E-state index contributed by atoms with van der Waals surface area (Å²) in [5.74, 6) is 0.0674. The minimum atomic E-state index is -3.60. The van der Waals surface area contributed by atoms with Gasteiger partial charge in [0.15, 0.2) is 0 Å². The van der Waals surface area contributed by atoms with Crippen molar-refractivity contribution < 1.29 is 18.0 Å². The van der Waals surface area contributed by atoms with E-state index in [1.54, 1.807) is 4.90 Å². The third-order valence-electron chi connectivity index (χ3n) is 6.59. The number of sulfonamides is 1. The third kappa shape index (κ3) is 7.77. The zero-order chi connectivity index (χ0) is 23.8. The highest BCUT2D eigenvalue weighted by atomic mass is 32.2. The summed E-state index contributed by atoms with van der Waals surface area (Å²) < 4.78 is 26.3. The number of hydrogen-bond acceptors (Lipinski definition) is 6. The molecule has 2 amide bonds. The number of rotatable bonds is 10. The maximum atomic E-state index is 13.3. The zero-order valence-corrected chi connectivity index (χ0v) is 20.2. The number of likely N-dealkylation sites (tertiary alicyclic amines) is 2. The van der Waals surface area contributed by atoms with E-state index in [0.717, 1.165) is 50.6 Å². The first-order valence-electron chi connectivity index (χ1n) is 11.8. The SMILES string of the molecule is CS(=O)(=O)N[C@H](Cc1ccccc1)C(=O)N1CCC[C@H]1C(=O)NCCC1CCN(CN)CC1. The maximum Gasteiger partial charge on any atom is 0.242 e. The molecule has 0 spiro atoms. The topological polar surface area (TPSA) is 125 Å². The van der Waals surface area contributed by atoms with Crippen LogP contribution in [0.25, 0.3) is 0 Å². The number of benzene rings is 1. The Morgan fingerprint density at radius 2 is 1.82 bits per heavy atom. The molecule has 1 aromatic carbocycles. The van der Waals surface area contributed by atoms with E-state index >= 15 is 0 Å². The van der Waals surface area contributed by atoms with Crippen molar-refractivity contribution in [1.29, 1.82) is 0 Å². The van der Waals surface area contributed by atoms with Gasteiger partial charge in [-0.3, -0.25) is 14.5 Å². The van der Waals surface area contributed by atoms with E-state index in [9.17, 15) is 18.0 Å². The highest BCUT2D eigenvalue weighted by Gasteiger charge is 2.38. The Bertz CT molecular complexity index is 887. The number of hydrogen-bond donors (Lipinski definition) is 3. The highest BCUT2D eigenvalue weighted by Crippen LogP contribution is 2.21. The molecule has 9 nitrogen and oxygen atoms in total. The van der Waals surface area contributed by atoms with Crippen molar-refractivity contribution in [3.63, 3.8) is 0 Å². The standard InChI is InChI=1S/C23H37N5O4S/c1-33(31,32)26-20(16-19-6-3-2-4-7-19)23(30)28-13-5-8-21(28)22(29)25-12-9-18-10-14-27(17-24)15-11-18/h2-4,6-7,18,20-21,26H,5,8-17,24H2,1H3,(H,25,29)/t20-,21+/m1/s1. The molecule has 4 N–H and O–H groups in total. The van der Waals surface area contributed by atoms with Crippen LogP contribution < -0.4 is 15.8 Å². The molecule has 1 aromatic rings. The molecule has 0 bridgehead atoms. The molecule has 2 heterocycles. The molecule has 2 atom stereocenters. The predicted octanol–water partition coefficient (Wildman–Crippen LogP) is 0.272. The van der Waals surface area contributed by atoms with Crippen molar-refractivity contribution in [2.45, 2.75) is 50.6 Å². The Morgan fingerprint density at radius 3 is 2.45 bits per heavy atom. The first kappa shape index (κ1) is 25.6. The van der Waals surface area contributed by atoms with E-state index < -0.39 is 22.1 Å². The number of piperidine rings is 1. The minimum Gasteiger partial charge on any atom is -0.354 e. The summed E-state index contributed by atoms with van der Waals surface area (Å²) in [7, 11) is -3.60. The summed E-state index contributed by atoms with van der Waals surface area (Å²) in [5.41, 5.74) is 6.55. The van der Waals surface area contributed by atoms with Crippen LogP contribution in [0.3, 0.4) is 0 Å². The quantitative estimate of drug-likeness (QED) is 0.443. The molecule has 3 rings (SSSR count). The van der Waals surface area contributed by atoms with E-state index in [0.29, 0.717) is 32.1 Å². The van der Waals surface area contributed by atoms with Crippen LogP contribution in [0.1, 0.15) is 37.7 Å². The van der Waals surface area contributed by atoms with Crippen LogP contribution in [0, 0.1) is 5.92 Å². The molecule has 0 radical (unpaired) electrons. The molecule has 0 aromatic heterocycles. The Kier molecular flexibility index (Phi) is 9.25. The molecule has 2 aliphatic rings. The van der Waals surface area contributed by atoms with E-state index in [1.165, 1.54) is 0 Å². The first-order valence-corrected chi connectivity index (χ1v) is 13.7. The number of carbonyl (C=O) groups excluding carboxylic acids is 2. The van der Waals surface area contributed by atoms with E-state index in [4.69, 9.17) is 5.73 Å². The van der Waals surface area contributed by atoms with Crippen molar-refractivity contribution in [3.05, 3.63) is 35.9 Å². The van der Waals surface area contributed by atoms with Gasteiger partial charge in [-0.05, 0) is 63.1 Å². The molecule has 0 saturated carbocycles. The van der Waals surface area contributed by atoms with E-state index in [1.807, 2.05) is 30.3 Å². The fourth-order valence-electron chi connectivity index (χ4n) is 4.77. The van der Waals surface area contributed by atoms with Gasteiger partial charge >= 0.3 is 0 Å². The van der Waals surface area contributed by atoms with Crippen LogP contribution >= 0.6 is 0 Å². The Hall–Kier alpha value is -2.01. The average Bonchev–Trinajstić information content (AvgIpc) is 3.28. The van der Waals surface area contributed by atoms with Gasteiger partial charge in [-0.2, -0.15) is 0 Å². The molecule has 33 heavy (non-hydrogen) atoms. The van der Waals surface area contributed by atoms with Gasteiger partial charge in [0, 0.05) is 19.8 Å². The van der Waals surface area contributed by atoms with Crippen molar-refractivity contribution in [1.82, 2.24) is 19.8 Å². The van der Waals surface area contributed by atoms with Crippen LogP contribution in [-0.2, 0) is 26.0 Å². The van der Waals surface area contributed by atoms with E-state index in [2.05, 4.69) is 14.9 Å². The number of nitrogens with zero attached hydrogens (tertiary/aromatic N) is 2. The molecule has 184 valence electrons. The van der Waals surface area contributed by atoms with Crippen LogP contribution in [-0.4, -0.2) is 81.2 Å². The predicted molar refractivity (Wildman–Crippen MR) is 128 cm³/mol. The van der Waals surface area contributed by atoms with Crippen molar-refractivity contribution in [2.75, 3.05) is 39.1 Å². The molecule has 0 aliphatic carbocycles. The van der Waals surface area contributed by atoms with Gasteiger partial charge in [-0.15, -0.1) is 0 Å². The molecule has 10 heteroatoms. The minimum absolute atomic E-state index is 0.155. The summed E-state index contributed by atoms with van der Waals surface area (Å²) in [6, 6.07) is 7.78. The Labute approximate surface area is 197 Å². The lowest BCUT2D eigenvalue weighted by Crippen LogP contribution is -2.54. The van der Waals surface area contributed by atoms with Crippen LogP contribution in [0.2, 0.25) is 0 Å². The van der Waals surface area contributed by atoms with Crippen LogP contribution in [0.4, 0.5) is 0 Å². The monoisotopic (exact) mass is 479 g/mol. The number of carbonyl (C=O) groups is 2. The van der Waals surface area contributed by atoms with E-state index in [-0.39, 0.29) is 18.2 Å².